The summed E-state index contributed by atoms with van der Waals surface area (Å²) in [6.07, 6.45) is 0.784. The third kappa shape index (κ3) is 5.64. The molecule has 0 aliphatic carbocycles. The Balaban J connectivity index is 1.89. The fraction of sp³-hybridized carbons (Fsp3) is 0.0625. The highest BCUT2D eigenvalue weighted by atomic mass is 79.9. The number of para-hydroxylation sites is 1. The van der Waals surface area contributed by atoms with Crippen LogP contribution in [-0.4, -0.2) is 23.0 Å². The van der Waals surface area contributed by atoms with E-state index in [1.807, 2.05) is 0 Å². The lowest BCUT2D eigenvalue weighted by Gasteiger charge is -2.06. The Kier molecular flexibility index (Phi) is 6.81. The second-order valence-corrected chi connectivity index (χ2v) is 6.23. The maximum atomic E-state index is 11.8. The van der Waals surface area contributed by atoms with Gasteiger partial charge in [-0.3, -0.25) is 19.7 Å². The summed E-state index contributed by atoms with van der Waals surface area (Å²) in [5, 5.41) is 17.1. The van der Waals surface area contributed by atoms with E-state index in [1.54, 1.807) is 24.3 Å². The number of benzene rings is 2. The van der Waals surface area contributed by atoms with Crippen molar-refractivity contribution in [2.45, 2.75) is 6.42 Å². The summed E-state index contributed by atoms with van der Waals surface area (Å²) >= 11 is 8.99. The van der Waals surface area contributed by atoms with Gasteiger partial charge in [-0.2, -0.15) is 5.10 Å². The predicted molar refractivity (Wildman–Crippen MR) is 101 cm³/mol. The highest BCUT2D eigenvalue weighted by Crippen LogP contribution is 2.24. The van der Waals surface area contributed by atoms with Gasteiger partial charge >= 0.3 is 0 Å². The number of nitrogens with zero attached hydrogens (tertiary/aromatic N) is 2. The fourth-order valence-electron chi connectivity index (χ4n) is 1.87. The number of carbonyl (C=O) groups excluding carboxylic acids is 2. The number of nitrogens with one attached hydrogen (secondary N) is 2. The van der Waals surface area contributed by atoms with Gasteiger partial charge in [0.15, 0.2) is 0 Å². The van der Waals surface area contributed by atoms with Crippen LogP contribution in [0.3, 0.4) is 0 Å². The monoisotopic (exact) mass is 438 g/mol. The highest BCUT2D eigenvalue weighted by molar-refractivity contribution is 9.10. The van der Waals surface area contributed by atoms with Crippen molar-refractivity contribution in [3.63, 3.8) is 0 Å². The first-order chi connectivity index (χ1) is 12.4. The summed E-state index contributed by atoms with van der Waals surface area (Å²) in [6.45, 7) is 0. The number of nitro groups is 1. The fourth-order valence-corrected chi connectivity index (χ4v) is 2.44. The zero-order chi connectivity index (χ0) is 19.1. The number of hydrogen-bond acceptors (Lipinski definition) is 5. The Morgan fingerprint density at radius 3 is 2.65 bits per heavy atom. The van der Waals surface area contributed by atoms with Gasteiger partial charge in [0.25, 0.3) is 5.69 Å². The van der Waals surface area contributed by atoms with Gasteiger partial charge in [0.05, 0.1) is 16.8 Å². The Labute approximate surface area is 161 Å². The molecule has 0 bridgehead atoms. The maximum absolute atomic E-state index is 11.8. The van der Waals surface area contributed by atoms with Crippen LogP contribution in [0.4, 0.5) is 11.4 Å². The standard InChI is InChI=1S/C16H12BrClN4O4/c17-11-3-1-2-4-13(11)20-15(23)8-16(24)21-19-9-10-5-6-12(18)14(7-10)22(25)26/h1-7,9H,8H2,(H,20,23)(H,21,24). The number of anilines is 1. The molecule has 0 fully saturated rings. The Morgan fingerprint density at radius 1 is 1.23 bits per heavy atom. The molecule has 0 heterocycles. The lowest BCUT2D eigenvalue weighted by atomic mass is 10.2. The first-order valence-corrected chi connectivity index (χ1v) is 8.34. The SMILES string of the molecule is O=C(CC(=O)Nc1ccccc1Br)NN=Cc1ccc(Cl)c([N+](=O)[O-])c1. The van der Waals surface area contributed by atoms with E-state index in [0.717, 1.165) is 0 Å². The summed E-state index contributed by atoms with van der Waals surface area (Å²) in [4.78, 5) is 33.7. The molecule has 2 N–H and O–H groups in total. The van der Waals surface area contributed by atoms with E-state index < -0.39 is 23.2 Å². The number of amides is 2. The van der Waals surface area contributed by atoms with Gasteiger partial charge < -0.3 is 5.32 Å². The summed E-state index contributed by atoms with van der Waals surface area (Å²) in [6, 6.07) is 11.1. The molecule has 134 valence electrons. The van der Waals surface area contributed by atoms with Crippen LogP contribution in [0.25, 0.3) is 0 Å². The number of halogens is 2. The molecule has 0 spiro atoms. The van der Waals surface area contributed by atoms with Gasteiger partial charge in [-0.1, -0.05) is 29.8 Å². The summed E-state index contributed by atoms with van der Waals surface area (Å²) in [5.41, 5.74) is 2.83. The Bertz CT molecular complexity index is 888. The van der Waals surface area contributed by atoms with E-state index in [-0.39, 0.29) is 10.7 Å². The summed E-state index contributed by atoms with van der Waals surface area (Å²) in [7, 11) is 0. The molecule has 0 radical (unpaired) electrons. The van der Waals surface area contributed by atoms with Crippen molar-refractivity contribution in [2.75, 3.05) is 5.32 Å². The van der Waals surface area contributed by atoms with Crippen molar-refractivity contribution < 1.29 is 14.5 Å². The van der Waals surface area contributed by atoms with E-state index in [4.69, 9.17) is 11.6 Å². The van der Waals surface area contributed by atoms with Crippen molar-refractivity contribution in [3.8, 4) is 0 Å². The molecule has 10 heteroatoms. The average Bonchev–Trinajstić information content (AvgIpc) is 2.58. The minimum absolute atomic E-state index is 0.0000654. The topological polar surface area (TPSA) is 114 Å². The Hall–Kier alpha value is -2.78. The zero-order valence-electron chi connectivity index (χ0n) is 13.1. The average molecular weight is 440 g/mol. The molecular formula is C16H12BrClN4O4. The van der Waals surface area contributed by atoms with Crippen molar-refractivity contribution in [1.29, 1.82) is 0 Å². The van der Waals surface area contributed by atoms with E-state index in [2.05, 4.69) is 31.8 Å². The third-order valence-electron chi connectivity index (χ3n) is 3.04. The molecule has 0 aliphatic rings. The van der Waals surface area contributed by atoms with Gasteiger partial charge in [0, 0.05) is 16.1 Å². The minimum atomic E-state index is -0.630. The number of hydrazone groups is 1. The van der Waals surface area contributed by atoms with Gasteiger partial charge in [0.1, 0.15) is 11.4 Å². The van der Waals surface area contributed by atoms with Crippen molar-refractivity contribution in [2.24, 2.45) is 5.10 Å². The summed E-state index contributed by atoms with van der Waals surface area (Å²) < 4.78 is 0.691. The van der Waals surface area contributed by atoms with Gasteiger partial charge in [0.2, 0.25) is 11.8 Å². The number of carbonyl (C=O) groups is 2. The van der Waals surface area contributed by atoms with Crippen molar-refractivity contribution in [1.82, 2.24) is 5.43 Å². The zero-order valence-corrected chi connectivity index (χ0v) is 15.5. The van der Waals surface area contributed by atoms with Crippen molar-refractivity contribution >= 4 is 56.9 Å². The predicted octanol–water partition coefficient (Wildman–Crippen LogP) is 3.49. The molecule has 0 unspecified atom stereocenters. The first kappa shape index (κ1) is 19.5. The minimum Gasteiger partial charge on any atom is -0.325 e. The lowest BCUT2D eigenvalue weighted by Crippen LogP contribution is -2.24. The second kappa shape index (κ2) is 9.07. The Morgan fingerprint density at radius 2 is 1.96 bits per heavy atom. The van der Waals surface area contributed by atoms with Crippen LogP contribution in [0.1, 0.15) is 12.0 Å². The normalized spacial score (nSPS) is 10.5. The maximum Gasteiger partial charge on any atom is 0.288 e. The third-order valence-corrected chi connectivity index (χ3v) is 4.05. The smallest absolute Gasteiger partial charge is 0.288 e. The van der Waals surface area contributed by atoms with Crippen LogP contribution in [0.2, 0.25) is 5.02 Å². The molecule has 2 rings (SSSR count). The molecule has 26 heavy (non-hydrogen) atoms. The first-order valence-electron chi connectivity index (χ1n) is 7.17. The van der Waals surface area contributed by atoms with E-state index >= 15 is 0 Å². The highest BCUT2D eigenvalue weighted by Gasteiger charge is 2.12. The van der Waals surface area contributed by atoms with Gasteiger partial charge in [-0.05, 0) is 34.1 Å². The summed E-state index contributed by atoms with van der Waals surface area (Å²) in [5.74, 6) is -1.14. The molecular weight excluding hydrogens is 428 g/mol. The number of rotatable bonds is 6. The molecule has 0 aliphatic heterocycles. The van der Waals surface area contributed by atoms with Crippen LogP contribution < -0.4 is 10.7 Å². The largest absolute Gasteiger partial charge is 0.325 e. The van der Waals surface area contributed by atoms with E-state index in [9.17, 15) is 19.7 Å². The van der Waals surface area contributed by atoms with Gasteiger partial charge in [-0.15, -0.1) is 0 Å². The van der Waals surface area contributed by atoms with Crippen LogP contribution in [0.15, 0.2) is 52.0 Å². The van der Waals surface area contributed by atoms with Crippen LogP contribution >= 0.6 is 27.5 Å². The van der Waals surface area contributed by atoms with Crippen LogP contribution in [-0.2, 0) is 9.59 Å². The molecule has 0 atom stereocenters. The van der Waals surface area contributed by atoms with Crippen LogP contribution in [0.5, 0.6) is 0 Å². The molecule has 2 amide bonds. The molecule has 0 aromatic heterocycles. The number of nitro benzene ring substituents is 1. The van der Waals surface area contributed by atoms with Crippen LogP contribution in [0, 0.1) is 10.1 Å². The van der Waals surface area contributed by atoms with E-state index in [1.165, 1.54) is 24.4 Å². The van der Waals surface area contributed by atoms with Crippen molar-refractivity contribution in [3.05, 3.63) is 67.6 Å². The quantitative estimate of drug-likeness (QED) is 0.310. The second-order valence-electron chi connectivity index (χ2n) is 4.97. The van der Waals surface area contributed by atoms with Gasteiger partial charge in [-0.25, -0.2) is 5.43 Å². The lowest BCUT2D eigenvalue weighted by molar-refractivity contribution is -0.384. The molecule has 8 nitrogen and oxygen atoms in total. The molecule has 0 saturated carbocycles. The molecule has 0 saturated heterocycles. The molecule has 2 aromatic carbocycles. The number of hydrogen-bond donors (Lipinski definition) is 2. The molecule has 2 aromatic rings. The van der Waals surface area contributed by atoms with E-state index in [0.29, 0.717) is 15.7 Å².